The summed E-state index contributed by atoms with van der Waals surface area (Å²) in [5, 5.41) is 0. The van der Waals surface area contributed by atoms with E-state index in [0.717, 1.165) is 22.3 Å². The summed E-state index contributed by atoms with van der Waals surface area (Å²) in [4.78, 5) is 4.57. The van der Waals surface area contributed by atoms with Crippen LogP contribution in [0.4, 0.5) is 0 Å². The summed E-state index contributed by atoms with van der Waals surface area (Å²) in [6.07, 6.45) is 1.82. The number of fused-ring (bicyclic) bond motifs is 1. The lowest BCUT2D eigenvalue weighted by molar-refractivity contribution is 0.324. The van der Waals surface area contributed by atoms with E-state index in [1.165, 1.54) is 16.7 Å². The quantitative estimate of drug-likeness (QED) is 0.463. The van der Waals surface area contributed by atoms with Gasteiger partial charge in [-0.25, -0.2) is 4.98 Å². The average molecular weight is 388 g/mol. The van der Waals surface area contributed by atoms with Crippen LogP contribution in [0.15, 0.2) is 54.9 Å². The molecule has 0 saturated heterocycles. The van der Waals surface area contributed by atoms with E-state index < -0.39 is 0 Å². The van der Waals surface area contributed by atoms with Crippen molar-refractivity contribution in [2.75, 3.05) is 21.3 Å². The maximum Gasteiger partial charge on any atom is 0.203 e. The lowest BCUT2D eigenvalue weighted by atomic mass is 9.97. The zero-order valence-corrected chi connectivity index (χ0v) is 17.3. The zero-order valence-electron chi connectivity index (χ0n) is 17.3. The molecule has 148 valence electrons. The zero-order chi connectivity index (χ0) is 20.5. The number of ether oxygens (including phenoxy) is 3. The molecule has 4 rings (SSSR count). The Morgan fingerprint density at radius 2 is 1.55 bits per heavy atom. The van der Waals surface area contributed by atoms with Crippen LogP contribution in [0.25, 0.3) is 27.8 Å². The largest absolute Gasteiger partial charge is 0.493 e. The number of aryl methyl sites for hydroxylation is 1. The van der Waals surface area contributed by atoms with Gasteiger partial charge in [-0.15, -0.1) is 0 Å². The third-order valence-electron chi connectivity index (χ3n) is 5.39. The lowest BCUT2D eigenvalue weighted by Crippen LogP contribution is -1.99. The summed E-state index contributed by atoms with van der Waals surface area (Å²) in [5.41, 5.74) is 7.77. The summed E-state index contributed by atoms with van der Waals surface area (Å²) >= 11 is 0. The highest BCUT2D eigenvalue weighted by molar-refractivity contribution is 5.84. The Balaban J connectivity index is 1.91. The van der Waals surface area contributed by atoms with Gasteiger partial charge in [-0.2, -0.15) is 0 Å². The molecule has 0 amide bonds. The summed E-state index contributed by atoms with van der Waals surface area (Å²) < 4.78 is 18.5. The van der Waals surface area contributed by atoms with Crippen LogP contribution in [0.1, 0.15) is 11.1 Å². The topological polar surface area (TPSA) is 45.5 Å². The van der Waals surface area contributed by atoms with Gasteiger partial charge in [0.05, 0.1) is 38.1 Å². The van der Waals surface area contributed by atoms with Crippen molar-refractivity contribution in [3.05, 3.63) is 66.0 Å². The summed E-state index contributed by atoms with van der Waals surface area (Å²) in [6, 6.07) is 16.6. The molecule has 5 nitrogen and oxygen atoms in total. The third-order valence-corrected chi connectivity index (χ3v) is 5.39. The minimum atomic E-state index is 0.569. The molecule has 5 heteroatoms. The Kier molecular flexibility index (Phi) is 4.89. The molecular formula is C24H24N2O3. The molecule has 0 bridgehead atoms. The molecule has 0 atom stereocenters. The molecule has 0 radical (unpaired) electrons. The van der Waals surface area contributed by atoms with Crippen LogP contribution in [-0.4, -0.2) is 30.9 Å². The Labute approximate surface area is 170 Å². The maximum atomic E-state index is 5.51. The molecule has 0 spiro atoms. The Bertz CT molecular complexity index is 1170. The normalized spacial score (nSPS) is 10.9. The van der Waals surface area contributed by atoms with Crippen molar-refractivity contribution in [2.24, 2.45) is 0 Å². The molecule has 0 fully saturated rings. The summed E-state index contributed by atoms with van der Waals surface area (Å²) in [5.74, 6) is 1.78. The van der Waals surface area contributed by atoms with Gasteiger partial charge in [0.15, 0.2) is 11.5 Å². The van der Waals surface area contributed by atoms with Crippen LogP contribution in [0.3, 0.4) is 0 Å². The van der Waals surface area contributed by atoms with Crippen molar-refractivity contribution in [3.8, 4) is 34.1 Å². The van der Waals surface area contributed by atoms with E-state index in [9.17, 15) is 0 Å². The molecule has 0 N–H and O–H groups in total. The van der Waals surface area contributed by atoms with Crippen molar-refractivity contribution >= 4 is 11.0 Å². The number of benzene rings is 3. The average Bonchev–Trinajstić information content (AvgIpc) is 3.17. The van der Waals surface area contributed by atoms with Gasteiger partial charge in [0.2, 0.25) is 5.75 Å². The van der Waals surface area contributed by atoms with E-state index in [4.69, 9.17) is 14.2 Å². The van der Waals surface area contributed by atoms with E-state index in [0.29, 0.717) is 17.2 Å². The molecule has 1 aromatic heterocycles. The van der Waals surface area contributed by atoms with Crippen molar-refractivity contribution < 1.29 is 14.2 Å². The first-order valence-electron chi connectivity index (χ1n) is 9.41. The van der Waals surface area contributed by atoms with E-state index in [1.807, 2.05) is 23.0 Å². The molecule has 0 aliphatic rings. The van der Waals surface area contributed by atoms with Crippen LogP contribution >= 0.6 is 0 Å². The number of aromatic nitrogens is 2. The van der Waals surface area contributed by atoms with Crippen molar-refractivity contribution in [1.29, 1.82) is 0 Å². The van der Waals surface area contributed by atoms with Crippen LogP contribution in [0.2, 0.25) is 0 Å². The molecule has 29 heavy (non-hydrogen) atoms. The van der Waals surface area contributed by atoms with E-state index >= 15 is 0 Å². The first kappa shape index (κ1) is 18.9. The second-order valence-corrected chi connectivity index (χ2v) is 6.95. The van der Waals surface area contributed by atoms with Gasteiger partial charge in [-0.1, -0.05) is 24.3 Å². The number of methoxy groups -OCH3 is 3. The number of rotatable bonds is 5. The van der Waals surface area contributed by atoms with Crippen LogP contribution in [0, 0.1) is 13.8 Å². The number of hydrogen-bond acceptors (Lipinski definition) is 4. The van der Waals surface area contributed by atoms with Crippen molar-refractivity contribution in [3.63, 3.8) is 0 Å². The Hall–Kier alpha value is -3.47. The van der Waals surface area contributed by atoms with Crippen LogP contribution < -0.4 is 14.2 Å². The van der Waals surface area contributed by atoms with Gasteiger partial charge >= 0.3 is 0 Å². The monoisotopic (exact) mass is 388 g/mol. The van der Waals surface area contributed by atoms with Crippen LogP contribution in [0.5, 0.6) is 17.2 Å². The van der Waals surface area contributed by atoms with Gasteiger partial charge in [0.25, 0.3) is 0 Å². The second-order valence-electron chi connectivity index (χ2n) is 6.95. The van der Waals surface area contributed by atoms with Gasteiger partial charge in [0.1, 0.15) is 6.33 Å². The predicted octanol–water partition coefficient (Wildman–Crippen LogP) is 5.34. The van der Waals surface area contributed by atoms with E-state index in [-0.39, 0.29) is 0 Å². The fourth-order valence-electron chi connectivity index (χ4n) is 3.65. The standard InChI is InChI=1S/C24H24N2O3/c1-15-7-6-8-19(16(15)2)17-9-10-20-21(11-17)26(14-25-20)18-12-22(27-3)24(29-5)23(13-18)28-4/h6-14H,1-5H3. The van der Waals surface area contributed by atoms with E-state index in [2.05, 4.69) is 55.2 Å². The molecule has 0 aliphatic carbocycles. The highest BCUT2D eigenvalue weighted by Gasteiger charge is 2.16. The second kappa shape index (κ2) is 7.51. The summed E-state index contributed by atoms with van der Waals surface area (Å²) in [7, 11) is 4.83. The summed E-state index contributed by atoms with van der Waals surface area (Å²) in [6.45, 7) is 4.29. The molecule has 1 heterocycles. The highest BCUT2D eigenvalue weighted by atomic mass is 16.5. The molecule has 3 aromatic carbocycles. The van der Waals surface area contributed by atoms with Gasteiger partial charge in [0, 0.05) is 12.1 Å². The molecule has 0 saturated carbocycles. The predicted molar refractivity (Wildman–Crippen MR) is 116 cm³/mol. The SMILES string of the molecule is COc1cc(-n2cnc3ccc(-c4cccc(C)c4C)cc32)cc(OC)c1OC. The van der Waals surface area contributed by atoms with Gasteiger partial charge in [-0.05, 0) is 48.2 Å². The lowest BCUT2D eigenvalue weighted by Gasteiger charge is -2.15. The highest BCUT2D eigenvalue weighted by Crippen LogP contribution is 2.40. The number of nitrogens with zero attached hydrogens (tertiary/aromatic N) is 2. The number of hydrogen-bond donors (Lipinski definition) is 0. The maximum absolute atomic E-state index is 5.51. The number of imidazole rings is 1. The molecule has 0 aliphatic heterocycles. The smallest absolute Gasteiger partial charge is 0.203 e. The fraction of sp³-hybridized carbons (Fsp3) is 0.208. The van der Waals surface area contributed by atoms with Gasteiger partial charge in [-0.3, -0.25) is 4.57 Å². The Morgan fingerprint density at radius 1 is 0.828 bits per heavy atom. The minimum Gasteiger partial charge on any atom is -0.493 e. The van der Waals surface area contributed by atoms with Crippen LogP contribution in [-0.2, 0) is 0 Å². The minimum absolute atomic E-state index is 0.569. The first-order valence-corrected chi connectivity index (χ1v) is 9.41. The van der Waals surface area contributed by atoms with E-state index in [1.54, 1.807) is 21.3 Å². The van der Waals surface area contributed by atoms with Crippen molar-refractivity contribution in [2.45, 2.75) is 13.8 Å². The van der Waals surface area contributed by atoms with Crippen molar-refractivity contribution in [1.82, 2.24) is 9.55 Å². The molecule has 0 unspecified atom stereocenters. The third kappa shape index (κ3) is 3.18. The molecule has 4 aromatic rings. The van der Waals surface area contributed by atoms with Gasteiger partial charge < -0.3 is 14.2 Å². The molecular weight excluding hydrogens is 364 g/mol. The fourth-order valence-corrected chi connectivity index (χ4v) is 3.65. The first-order chi connectivity index (χ1) is 14.1. The Morgan fingerprint density at radius 3 is 2.21 bits per heavy atom.